The molecule has 1 atom stereocenters. The molecule has 0 heterocycles. The zero-order chi connectivity index (χ0) is 9.52. The molecule has 1 rings (SSSR count). The molecule has 14 heavy (non-hydrogen) atoms. The maximum atomic E-state index is 4.51. The SMILES string of the molecule is C=CCC[N-][C@H](C)c1ccccc1.[Li+]. The topological polar surface area (TPSA) is 14.1 Å². The van der Waals surface area contributed by atoms with Crippen molar-refractivity contribution in [2.24, 2.45) is 0 Å². The van der Waals surface area contributed by atoms with E-state index >= 15 is 0 Å². The van der Waals surface area contributed by atoms with Crippen molar-refractivity contribution in [2.75, 3.05) is 6.54 Å². The molecular formula is C12H16LiN. The molecule has 0 aliphatic carbocycles. The summed E-state index contributed by atoms with van der Waals surface area (Å²) < 4.78 is 0. The summed E-state index contributed by atoms with van der Waals surface area (Å²) in [5.74, 6) is 0. The molecule has 70 valence electrons. The standard InChI is InChI=1S/C12H16N.Li/c1-3-4-10-13-11(2)12-8-6-5-7-9-12;/h3,5-9,11H,1,4,10H2,2H3;/q-1;+1/t11-;/m1./s1. The Bertz CT molecular complexity index is 246. The van der Waals surface area contributed by atoms with Gasteiger partial charge in [-0.15, -0.1) is 19.2 Å². The first-order chi connectivity index (χ1) is 6.34. The fourth-order valence-electron chi connectivity index (χ4n) is 1.20. The van der Waals surface area contributed by atoms with E-state index in [1.807, 2.05) is 12.1 Å². The first kappa shape index (κ1) is 13.5. The Morgan fingerprint density at radius 3 is 2.57 bits per heavy atom. The summed E-state index contributed by atoms with van der Waals surface area (Å²) in [5, 5.41) is 4.51. The maximum absolute atomic E-state index is 4.51. The van der Waals surface area contributed by atoms with Gasteiger partial charge in [-0.1, -0.05) is 55.3 Å². The molecule has 2 heteroatoms. The first-order valence-corrected chi connectivity index (χ1v) is 4.67. The van der Waals surface area contributed by atoms with Crippen molar-refractivity contribution in [3.63, 3.8) is 0 Å². The summed E-state index contributed by atoms with van der Waals surface area (Å²) in [6.45, 7) is 6.67. The minimum atomic E-state index is 0. The molecule has 1 aromatic carbocycles. The number of hydrogen-bond donors (Lipinski definition) is 0. The van der Waals surface area contributed by atoms with E-state index in [9.17, 15) is 0 Å². The second kappa shape index (κ2) is 7.88. The molecule has 0 unspecified atom stereocenters. The van der Waals surface area contributed by atoms with Crippen LogP contribution >= 0.6 is 0 Å². The average molecular weight is 181 g/mol. The third-order valence-corrected chi connectivity index (χ3v) is 2.02. The van der Waals surface area contributed by atoms with Gasteiger partial charge in [0.15, 0.2) is 0 Å². The average Bonchev–Trinajstić information content (AvgIpc) is 2.19. The minimum absolute atomic E-state index is 0. The van der Waals surface area contributed by atoms with Crippen LogP contribution in [0.2, 0.25) is 0 Å². The van der Waals surface area contributed by atoms with Gasteiger partial charge in [-0.3, -0.25) is 0 Å². The second-order valence-corrected chi connectivity index (χ2v) is 3.07. The summed E-state index contributed by atoms with van der Waals surface area (Å²) in [4.78, 5) is 0. The molecule has 1 nitrogen and oxygen atoms in total. The quantitative estimate of drug-likeness (QED) is 0.361. The number of rotatable bonds is 5. The number of nitrogens with zero attached hydrogens (tertiary/aromatic N) is 1. The number of benzene rings is 1. The fourth-order valence-corrected chi connectivity index (χ4v) is 1.20. The van der Waals surface area contributed by atoms with Crippen molar-refractivity contribution < 1.29 is 18.9 Å². The van der Waals surface area contributed by atoms with Crippen LogP contribution in [0, 0.1) is 0 Å². The molecule has 0 aromatic heterocycles. The third-order valence-electron chi connectivity index (χ3n) is 2.02. The Hall–Kier alpha value is -0.483. The summed E-state index contributed by atoms with van der Waals surface area (Å²) in [6.07, 6.45) is 2.87. The van der Waals surface area contributed by atoms with Gasteiger partial charge in [0.25, 0.3) is 0 Å². The third kappa shape index (κ3) is 4.67. The molecule has 0 bridgehead atoms. The predicted octanol–water partition coefficient (Wildman–Crippen LogP) is 0.701. The Kier molecular flexibility index (Phi) is 7.61. The van der Waals surface area contributed by atoms with E-state index in [4.69, 9.17) is 0 Å². The van der Waals surface area contributed by atoms with Gasteiger partial charge in [-0.25, -0.2) is 0 Å². The van der Waals surface area contributed by atoms with E-state index in [0.717, 1.165) is 13.0 Å². The zero-order valence-corrected chi connectivity index (χ0v) is 9.11. The van der Waals surface area contributed by atoms with Crippen LogP contribution in [0.5, 0.6) is 0 Å². The van der Waals surface area contributed by atoms with Gasteiger partial charge in [0.1, 0.15) is 0 Å². The minimum Gasteiger partial charge on any atom is -0.656 e. The van der Waals surface area contributed by atoms with Crippen molar-refractivity contribution in [1.29, 1.82) is 0 Å². The number of hydrogen-bond acceptors (Lipinski definition) is 0. The summed E-state index contributed by atoms with van der Waals surface area (Å²) in [7, 11) is 0. The molecule has 0 radical (unpaired) electrons. The van der Waals surface area contributed by atoms with E-state index in [-0.39, 0.29) is 18.9 Å². The van der Waals surface area contributed by atoms with Crippen LogP contribution in [0.15, 0.2) is 43.0 Å². The van der Waals surface area contributed by atoms with Gasteiger partial charge in [-0.05, 0) is 0 Å². The molecule has 0 N–H and O–H groups in total. The van der Waals surface area contributed by atoms with E-state index in [1.165, 1.54) is 5.56 Å². The first-order valence-electron chi connectivity index (χ1n) is 4.67. The molecule has 0 fully saturated rings. The van der Waals surface area contributed by atoms with Gasteiger partial charge in [0.2, 0.25) is 0 Å². The fraction of sp³-hybridized carbons (Fsp3) is 0.333. The Morgan fingerprint density at radius 1 is 1.36 bits per heavy atom. The molecule has 0 saturated heterocycles. The summed E-state index contributed by atoms with van der Waals surface area (Å²) in [5.41, 5.74) is 1.28. The van der Waals surface area contributed by atoms with Crippen molar-refractivity contribution in [3.05, 3.63) is 53.9 Å². The molecule has 0 saturated carbocycles. The molecule has 0 aliphatic rings. The van der Waals surface area contributed by atoms with Gasteiger partial charge in [0, 0.05) is 0 Å². The van der Waals surface area contributed by atoms with Gasteiger partial charge < -0.3 is 5.32 Å². The smallest absolute Gasteiger partial charge is 0.656 e. The van der Waals surface area contributed by atoms with Crippen LogP contribution in [0.25, 0.3) is 5.32 Å². The normalized spacial score (nSPS) is 11.5. The Labute approximate surface area is 98.8 Å². The Morgan fingerprint density at radius 2 is 2.00 bits per heavy atom. The molecule has 0 amide bonds. The van der Waals surface area contributed by atoms with Crippen molar-refractivity contribution in [3.8, 4) is 0 Å². The van der Waals surface area contributed by atoms with Crippen molar-refractivity contribution in [2.45, 2.75) is 19.4 Å². The second-order valence-electron chi connectivity index (χ2n) is 3.07. The van der Waals surface area contributed by atoms with Crippen LogP contribution in [0.1, 0.15) is 24.9 Å². The predicted molar refractivity (Wildman–Crippen MR) is 57.9 cm³/mol. The molecule has 1 aromatic rings. The van der Waals surface area contributed by atoms with Crippen LogP contribution < -0.4 is 18.9 Å². The largest absolute Gasteiger partial charge is 1.00 e. The van der Waals surface area contributed by atoms with Crippen molar-refractivity contribution in [1.82, 2.24) is 0 Å². The van der Waals surface area contributed by atoms with Crippen LogP contribution in [0.3, 0.4) is 0 Å². The molecule has 0 aliphatic heterocycles. The van der Waals surface area contributed by atoms with E-state index < -0.39 is 0 Å². The van der Waals surface area contributed by atoms with Crippen LogP contribution in [0.4, 0.5) is 0 Å². The summed E-state index contributed by atoms with van der Waals surface area (Å²) >= 11 is 0. The maximum Gasteiger partial charge on any atom is 1.00 e. The van der Waals surface area contributed by atoms with Crippen LogP contribution in [-0.2, 0) is 0 Å². The van der Waals surface area contributed by atoms with E-state index in [1.54, 1.807) is 0 Å². The van der Waals surface area contributed by atoms with Gasteiger partial charge in [-0.2, -0.15) is 0 Å². The molecule has 0 spiro atoms. The Balaban J connectivity index is 0.00000169. The zero-order valence-electron chi connectivity index (χ0n) is 9.11. The molecular weight excluding hydrogens is 165 g/mol. The van der Waals surface area contributed by atoms with E-state index in [2.05, 4.69) is 43.1 Å². The monoisotopic (exact) mass is 181 g/mol. The van der Waals surface area contributed by atoms with Gasteiger partial charge in [0.05, 0.1) is 0 Å². The van der Waals surface area contributed by atoms with Crippen LogP contribution in [-0.4, -0.2) is 6.54 Å². The summed E-state index contributed by atoms with van der Waals surface area (Å²) in [6, 6.07) is 10.7. The van der Waals surface area contributed by atoms with Crippen molar-refractivity contribution >= 4 is 0 Å². The van der Waals surface area contributed by atoms with E-state index in [0.29, 0.717) is 6.04 Å². The van der Waals surface area contributed by atoms with Gasteiger partial charge >= 0.3 is 18.9 Å².